The Morgan fingerprint density at radius 1 is 0.929 bits per heavy atom. The number of fused-ring (bicyclic) bond motifs is 1. The van der Waals surface area contributed by atoms with Crippen molar-refractivity contribution in [3.63, 3.8) is 0 Å². The second kappa shape index (κ2) is 15.3. The van der Waals surface area contributed by atoms with Crippen molar-refractivity contribution in [1.29, 1.82) is 0 Å². The molecular formula is C28H35N7O7. The quantitative estimate of drug-likeness (QED) is 0.130. The zero-order valence-electron chi connectivity index (χ0n) is 23.5. The maximum atomic E-state index is 12.7. The molecular weight excluding hydrogens is 546 g/mol. The number of aryl methyl sites for hydroxylation is 3. The lowest BCUT2D eigenvalue weighted by Crippen LogP contribution is -2.44. The molecule has 1 aromatic carbocycles. The minimum Gasteiger partial charge on any atom is -0.480 e. The summed E-state index contributed by atoms with van der Waals surface area (Å²) >= 11 is 0. The van der Waals surface area contributed by atoms with Crippen molar-refractivity contribution in [1.82, 2.24) is 35.9 Å². The Hall–Kier alpha value is -4.72. The van der Waals surface area contributed by atoms with E-state index in [9.17, 15) is 34.2 Å². The number of aliphatic carboxylic acids is 2. The molecule has 0 radical (unpaired) electrons. The van der Waals surface area contributed by atoms with E-state index in [1.165, 1.54) is 0 Å². The summed E-state index contributed by atoms with van der Waals surface area (Å²) in [7, 11) is 1.79. The van der Waals surface area contributed by atoms with Crippen LogP contribution in [0.25, 0.3) is 11.2 Å². The number of H-pyrrole nitrogens is 1. The molecule has 42 heavy (non-hydrogen) atoms. The lowest BCUT2D eigenvalue weighted by molar-refractivity contribution is -0.142. The van der Waals surface area contributed by atoms with Crippen molar-refractivity contribution in [3.8, 4) is 0 Å². The van der Waals surface area contributed by atoms with E-state index in [4.69, 9.17) is 0 Å². The van der Waals surface area contributed by atoms with Crippen molar-refractivity contribution < 1.29 is 29.4 Å². The van der Waals surface area contributed by atoms with Crippen molar-refractivity contribution in [2.75, 3.05) is 13.6 Å². The van der Waals surface area contributed by atoms with Crippen molar-refractivity contribution >= 4 is 34.9 Å². The number of hydrogen-bond donors (Lipinski definition) is 6. The van der Waals surface area contributed by atoms with E-state index in [1.807, 2.05) is 0 Å². The number of nitrogens with one attached hydrogen (secondary N) is 4. The smallest absolute Gasteiger partial charge is 0.326 e. The highest BCUT2D eigenvalue weighted by molar-refractivity contribution is 5.96. The summed E-state index contributed by atoms with van der Waals surface area (Å²) in [6.07, 6.45) is 3.74. The highest BCUT2D eigenvalue weighted by Gasteiger charge is 2.24. The molecule has 2 aromatic heterocycles. The van der Waals surface area contributed by atoms with Crippen LogP contribution in [0, 0.1) is 6.92 Å². The molecule has 224 valence electrons. The lowest BCUT2D eigenvalue weighted by atomic mass is 10.0. The van der Waals surface area contributed by atoms with E-state index in [0.717, 1.165) is 18.5 Å². The number of carboxylic acids is 2. The molecule has 0 saturated heterocycles. The molecule has 2 heterocycles. The molecule has 3 aromatic rings. The van der Waals surface area contributed by atoms with Gasteiger partial charge >= 0.3 is 11.9 Å². The van der Waals surface area contributed by atoms with Crippen LogP contribution in [0.1, 0.15) is 59.5 Å². The Labute approximate surface area is 241 Å². The van der Waals surface area contributed by atoms with Gasteiger partial charge in [-0.1, -0.05) is 12.1 Å². The minimum absolute atomic E-state index is 0.164. The number of carboxylic acid groups (broad SMARTS) is 2. The molecule has 0 spiro atoms. The number of benzene rings is 1. The van der Waals surface area contributed by atoms with E-state index < -0.39 is 35.8 Å². The number of hydrogen-bond acceptors (Lipinski definition) is 9. The average molecular weight is 582 g/mol. The summed E-state index contributed by atoms with van der Waals surface area (Å²) in [5, 5.41) is 26.7. The van der Waals surface area contributed by atoms with Gasteiger partial charge in [-0.15, -0.1) is 0 Å². The van der Waals surface area contributed by atoms with Crippen LogP contribution in [0.2, 0.25) is 0 Å². The number of aromatic nitrogens is 4. The van der Waals surface area contributed by atoms with Crippen LogP contribution in [0.5, 0.6) is 0 Å². The first-order valence-electron chi connectivity index (χ1n) is 13.6. The van der Waals surface area contributed by atoms with Crippen LogP contribution in [-0.2, 0) is 27.2 Å². The maximum absolute atomic E-state index is 12.7. The first-order valence-corrected chi connectivity index (χ1v) is 13.6. The number of unbranched alkanes of at least 4 members (excludes halogenated alkanes) is 1. The lowest BCUT2D eigenvalue weighted by Gasteiger charge is -2.17. The summed E-state index contributed by atoms with van der Waals surface area (Å²) in [4.78, 5) is 75.6. The summed E-state index contributed by atoms with van der Waals surface area (Å²) in [6.45, 7) is 2.39. The monoisotopic (exact) mass is 581 g/mol. The predicted molar refractivity (Wildman–Crippen MR) is 152 cm³/mol. The molecule has 2 unspecified atom stereocenters. The molecule has 2 amide bonds. The minimum atomic E-state index is -1.34. The zero-order valence-corrected chi connectivity index (χ0v) is 23.5. The SMILES string of the molecule is CNCCCCC(NC(=O)CCC(NC(=O)c1ccc(CCc2cnc3nc(C)[nH]c(=O)c3n2)cc1)C(=O)O)C(=O)O. The Morgan fingerprint density at radius 2 is 1.62 bits per heavy atom. The van der Waals surface area contributed by atoms with Gasteiger partial charge in [0.15, 0.2) is 11.2 Å². The van der Waals surface area contributed by atoms with Gasteiger partial charge < -0.3 is 31.1 Å². The third-order valence-electron chi connectivity index (χ3n) is 6.54. The molecule has 0 bridgehead atoms. The first kappa shape index (κ1) is 31.8. The Bertz CT molecular complexity index is 1470. The first-order chi connectivity index (χ1) is 20.1. The topological polar surface area (TPSA) is 216 Å². The standard InChI is InChI=1S/C28H35N7O7/c1-16-31-24-23(26(38)32-16)33-19(15-30-24)11-8-17-6-9-18(10-7-17)25(37)35-21(28(41)42)12-13-22(36)34-20(27(39)40)5-3-4-14-29-2/h6-7,9-10,15,20-21,29H,3-5,8,11-14H2,1-2H3,(H,34,36)(H,35,37)(H,39,40)(H,41,42)(H,30,31,32,38). The molecule has 0 aliphatic carbocycles. The van der Waals surface area contributed by atoms with Gasteiger partial charge in [-0.3, -0.25) is 14.4 Å². The van der Waals surface area contributed by atoms with Crippen molar-refractivity contribution in [2.24, 2.45) is 0 Å². The summed E-state index contributed by atoms with van der Waals surface area (Å²) in [5.41, 5.74) is 1.81. The predicted octanol–water partition coefficient (Wildman–Crippen LogP) is 0.729. The van der Waals surface area contributed by atoms with Gasteiger partial charge in [-0.2, -0.15) is 0 Å². The van der Waals surface area contributed by atoms with Crippen LogP contribution >= 0.6 is 0 Å². The van der Waals surface area contributed by atoms with Gasteiger partial charge in [-0.25, -0.2) is 24.5 Å². The second-order valence-electron chi connectivity index (χ2n) is 9.84. The van der Waals surface area contributed by atoms with Gasteiger partial charge in [0, 0.05) is 12.0 Å². The van der Waals surface area contributed by atoms with Gasteiger partial charge in [0.1, 0.15) is 17.9 Å². The van der Waals surface area contributed by atoms with Gasteiger partial charge in [0.25, 0.3) is 11.5 Å². The number of amides is 2. The van der Waals surface area contributed by atoms with Crippen molar-refractivity contribution in [3.05, 3.63) is 63.5 Å². The molecule has 6 N–H and O–H groups in total. The van der Waals surface area contributed by atoms with Crippen LogP contribution in [-0.4, -0.2) is 79.6 Å². The largest absolute Gasteiger partial charge is 0.480 e. The maximum Gasteiger partial charge on any atom is 0.326 e. The van der Waals surface area contributed by atoms with Gasteiger partial charge in [0.05, 0.1) is 11.9 Å². The Kier molecular flexibility index (Phi) is 11.6. The summed E-state index contributed by atoms with van der Waals surface area (Å²) in [6, 6.07) is 4.17. The van der Waals surface area contributed by atoms with Crippen LogP contribution in [0.15, 0.2) is 35.3 Å². The zero-order chi connectivity index (χ0) is 30.6. The highest BCUT2D eigenvalue weighted by Crippen LogP contribution is 2.11. The normalized spacial score (nSPS) is 12.4. The molecule has 3 rings (SSSR count). The Balaban J connectivity index is 1.51. The van der Waals surface area contributed by atoms with Gasteiger partial charge in [-0.05, 0) is 76.7 Å². The fourth-order valence-electron chi connectivity index (χ4n) is 4.23. The van der Waals surface area contributed by atoms with Crippen LogP contribution < -0.4 is 21.5 Å². The van der Waals surface area contributed by atoms with E-state index in [-0.39, 0.29) is 41.5 Å². The van der Waals surface area contributed by atoms with Crippen molar-refractivity contribution in [2.45, 2.75) is 64.0 Å². The highest BCUT2D eigenvalue weighted by atomic mass is 16.4. The number of nitrogens with zero attached hydrogens (tertiary/aromatic N) is 3. The number of carbonyl (C=O) groups is 4. The molecule has 0 saturated carbocycles. The number of carbonyl (C=O) groups excluding carboxylic acids is 2. The molecule has 0 aliphatic rings. The molecule has 14 nitrogen and oxygen atoms in total. The van der Waals surface area contributed by atoms with E-state index in [0.29, 0.717) is 30.8 Å². The Morgan fingerprint density at radius 3 is 2.29 bits per heavy atom. The van der Waals surface area contributed by atoms with Crippen LogP contribution in [0.4, 0.5) is 0 Å². The average Bonchev–Trinajstić information content (AvgIpc) is 2.95. The van der Waals surface area contributed by atoms with Gasteiger partial charge in [0.2, 0.25) is 5.91 Å². The second-order valence-corrected chi connectivity index (χ2v) is 9.84. The van der Waals surface area contributed by atoms with E-state index >= 15 is 0 Å². The molecule has 0 fully saturated rings. The van der Waals surface area contributed by atoms with Crippen LogP contribution in [0.3, 0.4) is 0 Å². The fraction of sp³-hybridized carbons (Fsp3) is 0.429. The summed E-state index contributed by atoms with van der Waals surface area (Å²) < 4.78 is 0. The molecule has 2 atom stereocenters. The van der Waals surface area contributed by atoms with E-state index in [2.05, 4.69) is 35.9 Å². The summed E-state index contributed by atoms with van der Waals surface area (Å²) in [5.74, 6) is -3.24. The fourth-order valence-corrected chi connectivity index (χ4v) is 4.23. The van der Waals surface area contributed by atoms with E-state index in [1.54, 1.807) is 44.4 Å². The number of aromatic amines is 1. The third-order valence-corrected chi connectivity index (χ3v) is 6.54. The third kappa shape index (κ3) is 9.44. The molecule has 0 aliphatic heterocycles. The number of rotatable bonds is 16. The molecule has 14 heteroatoms.